The fraction of sp³-hybridized carbons (Fsp3) is 0.650. The zero-order chi connectivity index (χ0) is 19.4. The lowest BCUT2D eigenvalue weighted by atomic mass is 9.91. The smallest absolute Gasteiger partial charge is 0.410 e. The largest absolute Gasteiger partial charge is 0.508 e. The van der Waals surface area contributed by atoms with E-state index in [0.29, 0.717) is 19.4 Å². The van der Waals surface area contributed by atoms with Crippen LogP contribution in [-0.4, -0.2) is 40.2 Å². The normalized spacial score (nSPS) is 17.7. The van der Waals surface area contributed by atoms with Crippen LogP contribution in [0.25, 0.3) is 0 Å². The molecule has 1 aromatic rings. The highest BCUT2D eigenvalue weighted by atomic mass is 19.3. The molecule has 0 saturated heterocycles. The molecule has 0 spiro atoms. The van der Waals surface area contributed by atoms with Crippen molar-refractivity contribution in [2.24, 2.45) is 0 Å². The number of hydrogen-bond acceptors (Lipinski definition) is 3. The average Bonchev–Trinajstić information content (AvgIpc) is 2.52. The Hall–Kier alpha value is -1.85. The summed E-state index contributed by atoms with van der Waals surface area (Å²) in [6, 6.07) is 6.85. The summed E-state index contributed by atoms with van der Waals surface area (Å²) in [5.41, 5.74) is 0.179. The van der Waals surface area contributed by atoms with Crippen LogP contribution in [-0.2, 0) is 11.2 Å². The highest BCUT2D eigenvalue weighted by Gasteiger charge is 2.39. The van der Waals surface area contributed by atoms with Crippen LogP contribution in [0.3, 0.4) is 0 Å². The number of aromatic hydroxyl groups is 1. The minimum absolute atomic E-state index is 0.198. The van der Waals surface area contributed by atoms with E-state index >= 15 is 0 Å². The number of phenols is 1. The number of amides is 1. The summed E-state index contributed by atoms with van der Waals surface area (Å²) in [7, 11) is 0. The van der Waals surface area contributed by atoms with E-state index in [9.17, 15) is 18.7 Å². The standard InChI is InChI=1S/C20H29F2NO3/c1-19(2,3)26-18(25)23(16-10-12-20(21,22)13-11-16)14-6-8-15-7-4-5-9-17(15)24/h4-5,7,9,16,24H,6,8,10-14H2,1-3H3. The number of phenolic OH excluding ortho intramolecular Hbond substituents is 1. The van der Waals surface area contributed by atoms with E-state index in [0.717, 1.165) is 5.56 Å². The van der Waals surface area contributed by atoms with Crippen molar-refractivity contribution in [3.63, 3.8) is 0 Å². The van der Waals surface area contributed by atoms with E-state index in [2.05, 4.69) is 0 Å². The molecule has 146 valence electrons. The molecular formula is C20H29F2NO3. The van der Waals surface area contributed by atoms with Gasteiger partial charge in [-0.2, -0.15) is 0 Å². The van der Waals surface area contributed by atoms with Gasteiger partial charge >= 0.3 is 6.09 Å². The third-order valence-electron chi connectivity index (χ3n) is 4.59. The molecule has 2 rings (SSSR count). The number of carbonyl (C=O) groups is 1. The zero-order valence-corrected chi connectivity index (χ0v) is 15.8. The first kappa shape index (κ1) is 20.5. The molecule has 0 aliphatic heterocycles. The minimum atomic E-state index is -2.63. The lowest BCUT2D eigenvalue weighted by molar-refractivity contribution is -0.0570. The molecule has 0 unspecified atom stereocenters. The van der Waals surface area contributed by atoms with Crippen LogP contribution >= 0.6 is 0 Å². The third-order valence-corrected chi connectivity index (χ3v) is 4.59. The van der Waals surface area contributed by atoms with E-state index in [4.69, 9.17) is 4.74 Å². The van der Waals surface area contributed by atoms with E-state index in [1.54, 1.807) is 37.8 Å². The van der Waals surface area contributed by atoms with Gasteiger partial charge in [0.2, 0.25) is 5.92 Å². The summed E-state index contributed by atoms with van der Waals surface area (Å²) in [6.07, 6.45) is 0.946. The van der Waals surface area contributed by atoms with Crippen LogP contribution in [0.4, 0.5) is 13.6 Å². The molecule has 0 radical (unpaired) electrons. The van der Waals surface area contributed by atoms with Gasteiger partial charge < -0.3 is 14.7 Å². The van der Waals surface area contributed by atoms with Crippen molar-refractivity contribution in [2.45, 2.75) is 76.9 Å². The maximum absolute atomic E-state index is 13.5. The van der Waals surface area contributed by atoms with Gasteiger partial charge in [0, 0.05) is 25.4 Å². The second kappa shape index (κ2) is 8.23. The van der Waals surface area contributed by atoms with Gasteiger partial charge in [-0.25, -0.2) is 13.6 Å². The lowest BCUT2D eigenvalue weighted by Gasteiger charge is -2.37. The Morgan fingerprint density at radius 2 is 1.88 bits per heavy atom. The predicted molar refractivity (Wildman–Crippen MR) is 96.6 cm³/mol. The molecule has 1 aliphatic rings. The number of halogens is 2. The molecule has 1 fully saturated rings. The third kappa shape index (κ3) is 6.15. The Balaban J connectivity index is 2.00. The first-order valence-corrected chi connectivity index (χ1v) is 9.22. The van der Waals surface area contributed by atoms with Crippen molar-refractivity contribution in [3.8, 4) is 5.75 Å². The molecule has 0 heterocycles. The molecule has 1 saturated carbocycles. The van der Waals surface area contributed by atoms with Crippen molar-refractivity contribution < 1.29 is 23.4 Å². The maximum atomic E-state index is 13.5. The number of para-hydroxylation sites is 1. The highest BCUT2D eigenvalue weighted by molar-refractivity contribution is 5.68. The first-order chi connectivity index (χ1) is 12.1. The van der Waals surface area contributed by atoms with Gasteiger partial charge in [0.25, 0.3) is 0 Å². The lowest BCUT2D eigenvalue weighted by Crippen LogP contribution is -2.46. The number of benzene rings is 1. The maximum Gasteiger partial charge on any atom is 0.410 e. The SMILES string of the molecule is CC(C)(C)OC(=O)N(CCCc1ccccc1O)C1CCC(F)(F)CC1. The number of hydrogen-bond donors (Lipinski definition) is 1. The Morgan fingerprint density at radius 3 is 2.46 bits per heavy atom. The fourth-order valence-electron chi connectivity index (χ4n) is 3.24. The second-order valence-electron chi connectivity index (χ2n) is 7.99. The monoisotopic (exact) mass is 369 g/mol. The molecule has 6 heteroatoms. The minimum Gasteiger partial charge on any atom is -0.508 e. The first-order valence-electron chi connectivity index (χ1n) is 9.22. The van der Waals surface area contributed by atoms with Gasteiger partial charge in [0.15, 0.2) is 0 Å². The van der Waals surface area contributed by atoms with Crippen molar-refractivity contribution in [2.75, 3.05) is 6.54 Å². The van der Waals surface area contributed by atoms with Crippen molar-refractivity contribution in [1.82, 2.24) is 4.90 Å². The van der Waals surface area contributed by atoms with Crippen LogP contribution in [0.1, 0.15) is 58.4 Å². The number of ether oxygens (including phenoxy) is 1. The summed E-state index contributed by atoms with van der Waals surface area (Å²) in [6.45, 7) is 5.79. The molecule has 0 aromatic heterocycles. The quantitative estimate of drug-likeness (QED) is 0.782. The van der Waals surface area contributed by atoms with Crippen LogP contribution in [0.2, 0.25) is 0 Å². The number of aryl methyl sites for hydroxylation is 1. The summed E-state index contributed by atoms with van der Waals surface area (Å²) in [5.74, 6) is -2.40. The fourth-order valence-corrected chi connectivity index (χ4v) is 3.24. The number of rotatable bonds is 5. The van der Waals surface area contributed by atoms with Crippen molar-refractivity contribution in [3.05, 3.63) is 29.8 Å². The van der Waals surface area contributed by atoms with Crippen LogP contribution in [0, 0.1) is 0 Å². The average molecular weight is 369 g/mol. The Morgan fingerprint density at radius 1 is 1.27 bits per heavy atom. The van der Waals surface area contributed by atoms with Gasteiger partial charge in [-0.05, 0) is 58.1 Å². The number of nitrogens with zero attached hydrogens (tertiary/aromatic N) is 1. The van der Waals surface area contributed by atoms with Gasteiger partial charge in [-0.3, -0.25) is 0 Å². The van der Waals surface area contributed by atoms with Crippen molar-refractivity contribution in [1.29, 1.82) is 0 Å². The predicted octanol–water partition coefficient (Wildman–Crippen LogP) is 5.14. The summed E-state index contributed by atoms with van der Waals surface area (Å²) >= 11 is 0. The van der Waals surface area contributed by atoms with Crippen LogP contribution in [0.5, 0.6) is 5.75 Å². The van der Waals surface area contributed by atoms with Crippen LogP contribution < -0.4 is 0 Å². The molecule has 4 nitrogen and oxygen atoms in total. The van der Waals surface area contributed by atoms with Gasteiger partial charge in [0.05, 0.1) is 0 Å². The van der Waals surface area contributed by atoms with E-state index in [1.165, 1.54) is 0 Å². The summed E-state index contributed by atoms with van der Waals surface area (Å²) in [5, 5.41) is 9.86. The molecule has 1 amide bonds. The molecule has 0 atom stereocenters. The molecule has 1 aliphatic carbocycles. The van der Waals surface area contributed by atoms with Crippen molar-refractivity contribution >= 4 is 6.09 Å². The zero-order valence-electron chi connectivity index (χ0n) is 15.8. The Labute approximate surface area is 154 Å². The molecule has 1 N–H and O–H groups in total. The highest BCUT2D eigenvalue weighted by Crippen LogP contribution is 2.35. The Kier molecular flexibility index (Phi) is 6.48. The van der Waals surface area contributed by atoms with E-state index in [1.807, 2.05) is 12.1 Å². The van der Waals surface area contributed by atoms with Gasteiger partial charge in [-0.1, -0.05) is 18.2 Å². The molecule has 1 aromatic carbocycles. The summed E-state index contributed by atoms with van der Waals surface area (Å²) in [4.78, 5) is 14.2. The second-order valence-corrected chi connectivity index (χ2v) is 7.99. The van der Waals surface area contributed by atoms with Gasteiger partial charge in [0.1, 0.15) is 11.4 Å². The molecular weight excluding hydrogens is 340 g/mol. The Bertz CT molecular complexity index is 603. The molecule has 0 bridgehead atoms. The summed E-state index contributed by atoms with van der Waals surface area (Å²) < 4.78 is 32.4. The van der Waals surface area contributed by atoms with E-state index in [-0.39, 0.29) is 37.5 Å². The van der Waals surface area contributed by atoms with Crippen LogP contribution in [0.15, 0.2) is 24.3 Å². The molecule has 26 heavy (non-hydrogen) atoms. The number of alkyl halides is 2. The number of carbonyl (C=O) groups excluding carboxylic acids is 1. The topological polar surface area (TPSA) is 49.8 Å². The van der Waals surface area contributed by atoms with Gasteiger partial charge in [-0.15, -0.1) is 0 Å². The van der Waals surface area contributed by atoms with E-state index < -0.39 is 17.6 Å².